The second-order valence-corrected chi connectivity index (χ2v) is 5.49. The topological polar surface area (TPSA) is 71.2 Å². The maximum absolute atomic E-state index is 12.2. The van der Waals surface area contributed by atoms with E-state index >= 15 is 0 Å². The van der Waals surface area contributed by atoms with E-state index in [2.05, 4.69) is 15.2 Å². The van der Waals surface area contributed by atoms with Crippen LogP contribution in [-0.2, 0) is 6.54 Å². The Labute approximate surface area is 130 Å². The molecule has 5 nitrogen and oxygen atoms in total. The Balaban J connectivity index is 1.65. The van der Waals surface area contributed by atoms with Gasteiger partial charge in [0, 0.05) is 31.5 Å². The maximum Gasteiger partial charge on any atom is 0.253 e. The third-order valence-corrected chi connectivity index (χ3v) is 3.90. The minimum atomic E-state index is -0.155. The summed E-state index contributed by atoms with van der Waals surface area (Å²) in [5, 5.41) is 2.91. The maximum atomic E-state index is 12.2. The van der Waals surface area contributed by atoms with Gasteiger partial charge < -0.3 is 16.0 Å². The van der Waals surface area contributed by atoms with Crippen LogP contribution in [0.5, 0.6) is 0 Å². The molecule has 1 saturated heterocycles. The van der Waals surface area contributed by atoms with E-state index in [9.17, 15) is 4.79 Å². The minimum absolute atomic E-state index is 0.155. The molecule has 0 aliphatic carbocycles. The second-order valence-electron chi connectivity index (χ2n) is 5.49. The number of hydrogen-bond acceptors (Lipinski definition) is 4. The lowest BCUT2D eigenvalue weighted by Gasteiger charge is -2.17. The highest BCUT2D eigenvalue weighted by molar-refractivity contribution is 5.98. The first-order valence-electron chi connectivity index (χ1n) is 7.56. The van der Waals surface area contributed by atoms with E-state index in [4.69, 9.17) is 5.73 Å². The van der Waals surface area contributed by atoms with Crippen LogP contribution >= 0.6 is 0 Å². The van der Waals surface area contributed by atoms with Crippen molar-refractivity contribution in [1.82, 2.24) is 10.3 Å². The zero-order valence-electron chi connectivity index (χ0n) is 12.5. The number of para-hydroxylation sites is 1. The number of carbonyl (C=O) groups excluding carboxylic acids is 1. The van der Waals surface area contributed by atoms with E-state index < -0.39 is 0 Å². The van der Waals surface area contributed by atoms with Crippen LogP contribution in [0.25, 0.3) is 0 Å². The van der Waals surface area contributed by atoms with Crippen molar-refractivity contribution in [1.29, 1.82) is 0 Å². The number of pyridine rings is 1. The van der Waals surface area contributed by atoms with Gasteiger partial charge in [-0.1, -0.05) is 12.1 Å². The summed E-state index contributed by atoms with van der Waals surface area (Å²) in [7, 11) is 0. The van der Waals surface area contributed by atoms with Crippen LogP contribution in [0.15, 0.2) is 42.6 Å². The first kappa shape index (κ1) is 14.4. The highest BCUT2D eigenvalue weighted by Crippen LogP contribution is 2.18. The van der Waals surface area contributed by atoms with E-state index in [0.717, 1.165) is 24.5 Å². The predicted molar refractivity (Wildman–Crippen MR) is 87.7 cm³/mol. The summed E-state index contributed by atoms with van der Waals surface area (Å²) in [5.74, 6) is 0.834. The third-order valence-electron chi connectivity index (χ3n) is 3.90. The van der Waals surface area contributed by atoms with Crippen molar-refractivity contribution in [3.8, 4) is 0 Å². The molecule has 0 atom stereocenters. The van der Waals surface area contributed by atoms with E-state index in [1.165, 1.54) is 12.8 Å². The minimum Gasteiger partial charge on any atom is -0.398 e. The van der Waals surface area contributed by atoms with Crippen molar-refractivity contribution in [2.75, 3.05) is 23.7 Å². The summed E-state index contributed by atoms with van der Waals surface area (Å²) in [4.78, 5) is 18.9. The fourth-order valence-corrected chi connectivity index (χ4v) is 2.67. The molecule has 0 saturated carbocycles. The van der Waals surface area contributed by atoms with Gasteiger partial charge in [0.25, 0.3) is 5.91 Å². The van der Waals surface area contributed by atoms with Crippen molar-refractivity contribution in [2.45, 2.75) is 19.4 Å². The molecule has 22 heavy (non-hydrogen) atoms. The van der Waals surface area contributed by atoms with Crippen LogP contribution in [0, 0.1) is 0 Å². The first-order valence-corrected chi connectivity index (χ1v) is 7.56. The van der Waals surface area contributed by atoms with Gasteiger partial charge in [0.15, 0.2) is 0 Å². The van der Waals surface area contributed by atoms with Crippen molar-refractivity contribution in [3.05, 3.63) is 53.7 Å². The molecule has 1 fully saturated rings. The molecule has 3 N–H and O–H groups in total. The Bertz CT molecular complexity index is 665. The Kier molecular flexibility index (Phi) is 4.23. The standard InChI is InChI=1S/C17H20N4O/c18-15-6-2-1-5-14(15)17(22)20-12-13-7-8-19-16(11-13)21-9-3-4-10-21/h1-2,5-8,11H,3-4,9-10,12,18H2,(H,20,22). The average Bonchev–Trinajstić information content (AvgIpc) is 3.08. The molecule has 0 unspecified atom stereocenters. The number of anilines is 2. The van der Waals surface area contributed by atoms with Crippen LogP contribution in [0.4, 0.5) is 11.5 Å². The van der Waals surface area contributed by atoms with Gasteiger partial charge in [-0.3, -0.25) is 4.79 Å². The van der Waals surface area contributed by atoms with Crippen molar-refractivity contribution in [2.24, 2.45) is 0 Å². The number of rotatable bonds is 4. The Hall–Kier alpha value is -2.56. The molecular weight excluding hydrogens is 276 g/mol. The van der Waals surface area contributed by atoms with E-state index in [1.807, 2.05) is 24.3 Å². The van der Waals surface area contributed by atoms with E-state index in [1.54, 1.807) is 18.3 Å². The van der Waals surface area contributed by atoms with Gasteiger partial charge in [-0.2, -0.15) is 0 Å². The lowest BCUT2D eigenvalue weighted by atomic mass is 10.1. The molecule has 5 heteroatoms. The average molecular weight is 296 g/mol. The number of nitrogens with two attached hydrogens (primary N) is 1. The molecule has 2 aromatic rings. The van der Waals surface area contributed by atoms with Gasteiger partial charge in [0.05, 0.1) is 5.56 Å². The summed E-state index contributed by atoms with van der Waals surface area (Å²) in [6.07, 6.45) is 4.23. The molecule has 1 amide bonds. The number of aromatic nitrogens is 1. The number of benzene rings is 1. The SMILES string of the molecule is Nc1ccccc1C(=O)NCc1ccnc(N2CCCC2)c1. The van der Waals surface area contributed by atoms with Gasteiger partial charge in [0.1, 0.15) is 5.82 Å². The summed E-state index contributed by atoms with van der Waals surface area (Å²) >= 11 is 0. The fourth-order valence-electron chi connectivity index (χ4n) is 2.67. The quantitative estimate of drug-likeness (QED) is 0.848. The predicted octanol–water partition coefficient (Wildman–Crippen LogP) is 2.19. The van der Waals surface area contributed by atoms with Crippen LogP contribution in [0.1, 0.15) is 28.8 Å². The summed E-state index contributed by atoms with van der Waals surface area (Å²) in [6, 6.07) is 11.0. The van der Waals surface area contributed by atoms with E-state index in [-0.39, 0.29) is 5.91 Å². The molecular formula is C17H20N4O. The lowest BCUT2D eigenvalue weighted by Crippen LogP contribution is -2.24. The third kappa shape index (κ3) is 3.19. The number of nitrogen functional groups attached to an aromatic ring is 1. The molecule has 2 heterocycles. The van der Waals surface area contributed by atoms with Crippen molar-refractivity contribution >= 4 is 17.4 Å². The Morgan fingerprint density at radius 3 is 2.77 bits per heavy atom. The van der Waals surface area contributed by atoms with Crippen LogP contribution in [-0.4, -0.2) is 24.0 Å². The molecule has 1 aliphatic heterocycles. The van der Waals surface area contributed by atoms with Gasteiger partial charge in [-0.05, 0) is 42.7 Å². The lowest BCUT2D eigenvalue weighted by molar-refractivity contribution is 0.0952. The molecule has 0 bridgehead atoms. The number of hydrogen-bond donors (Lipinski definition) is 2. The zero-order valence-corrected chi connectivity index (χ0v) is 12.5. The van der Waals surface area contributed by atoms with Gasteiger partial charge in [0.2, 0.25) is 0 Å². The smallest absolute Gasteiger partial charge is 0.253 e. The van der Waals surface area contributed by atoms with Gasteiger partial charge in [-0.25, -0.2) is 4.98 Å². The highest BCUT2D eigenvalue weighted by Gasteiger charge is 2.14. The van der Waals surface area contributed by atoms with Crippen molar-refractivity contribution < 1.29 is 4.79 Å². The molecule has 3 rings (SSSR count). The van der Waals surface area contributed by atoms with Crippen LogP contribution in [0.2, 0.25) is 0 Å². The summed E-state index contributed by atoms with van der Waals surface area (Å²) in [5.41, 5.74) is 7.86. The first-order chi connectivity index (χ1) is 10.7. The van der Waals surface area contributed by atoms with Gasteiger partial charge in [-0.15, -0.1) is 0 Å². The number of nitrogens with one attached hydrogen (secondary N) is 1. The largest absolute Gasteiger partial charge is 0.398 e. The van der Waals surface area contributed by atoms with Gasteiger partial charge >= 0.3 is 0 Å². The monoisotopic (exact) mass is 296 g/mol. The molecule has 0 radical (unpaired) electrons. The summed E-state index contributed by atoms with van der Waals surface area (Å²) in [6.45, 7) is 2.59. The fraction of sp³-hybridized carbons (Fsp3) is 0.294. The number of nitrogens with zero attached hydrogens (tertiary/aromatic N) is 2. The number of carbonyl (C=O) groups is 1. The Morgan fingerprint density at radius 1 is 1.23 bits per heavy atom. The normalized spacial score (nSPS) is 14.1. The zero-order chi connectivity index (χ0) is 15.4. The summed E-state index contributed by atoms with van der Waals surface area (Å²) < 4.78 is 0. The molecule has 1 aromatic carbocycles. The second kappa shape index (κ2) is 6.47. The van der Waals surface area contributed by atoms with E-state index in [0.29, 0.717) is 17.8 Å². The van der Waals surface area contributed by atoms with Crippen molar-refractivity contribution in [3.63, 3.8) is 0 Å². The molecule has 1 aliphatic rings. The highest BCUT2D eigenvalue weighted by atomic mass is 16.1. The number of amides is 1. The molecule has 1 aromatic heterocycles. The molecule has 0 spiro atoms. The molecule has 114 valence electrons. The Morgan fingerprint density at radius 2 is 2.00 bits per heavy atom. The van der Waals surface area contributed by atoms with Crippen LogP contribution in [0.3, 0.4) is 0 Å². The van der Waals surface area contributed by atoms with Crippen LogP contribution < -0.4 is 16.0 Å².